The number of amides is 1. The van der Waals surface area contributed by atoms with Gasteiger partial charge in [0.2, 0.25) is 0 Å². The van der Waals surface area contributed by atoms with E-state index in [4.69, 9.17) is 10.8 Å². The summed E-state index contributed by atoms with van der Waals surface area (Å²) in [5.41, 5.74) is 5.13. The summed E-state index contributed by atoms with van der Waals surface area (Å²) in [7, 11) is 0. The van der Waals surface area contributed by atoms with E-state index in [2.05, 4.69) is 15.5 Å². The van der Waals surface area contributed by atoms with Gasteiger partial charge in [0, 0.05) is 13.0 Å². The number of primary amides is 1. The van der Waals surface area contributed by atoms with Crippen LogP contribution in [0.5, 0.6) is 0 Å². The number of carboxylic acid groups (broad SMARTS) is 1. The van der Waals surface area contributed by atoms with Gasteiger partial charge in [-0.05, 0) is 30.4 Å². The first-order valence-corrected chi connectivity index (χ1v) is 6.39. The lowest BCUT2D eigenvalue weighted by Gasteiger charge is -2.23. The maximum Gasteiger partial charge on any atom is 0.303 e. The normalized spacial score (nSPS) is 11.1. The number of hydrogen-bond donors (Lipinski definition) is 3. The molecule has 0 bridgehead atoms. The van der Waals surface area contributed by atoms with Crippen molar-refractivity contribution in [3.63, 3.8) is 0 Å². The number of aromatic nitrogens is 2. The van der Waals surface area contributed by atoms with Crippen molar-refractivity contribution >= 4 is 17.7 Å². The molecule has 0 aliphatic heterocycles. The molecule has 1 aromatic heterocycles. The summed E-state index contributed by atoms with van der Waals surface area (Å²) in [6.45, 7) is 4.70. The largest absolute Gasteiger partial charge is 0.481 e. The van der Waals surface area contributed by atoms with Crippen LogP contribution in [0.2, 0.25) is 0 Å². The Morgan fingerprint density at radius 2 is 2.00 bits per heavy atom. The van der Waals surface area contributed by atoms with Gasteiger partial charge in [-0.3, -0.25) is 9.59 Å². The fourth-order valence-corrected chi connectivity index (χ4v) is 1.66. The fourth-order valence-electron chi connectivity index (χ4n) is 1.66. The first-order chi connectivity index (χ1) is 9.30. The molecule has 0 fully saturated rings. The number of carbonyl (C=O) groups is 2. The molecule has 110 valence electrons. The van der Waals surface area contributed by atoms with E-state index in [-0.39, 0.29) is 17.5 Å². The third-order valence-corrected chi connectivity index (χ3v) is 3.04. The van der Waals surface area contributed by atoms with Gasteiger partial charge in [0.25, 0.3) is 5.91 Å². The predicted molar refractivity (Wildman–Crippen MR) is 74.3 cm³/mol. The molecular formula is C13H20N4O3. The molecule has 1 heterocycles. The van der Waals surface area contributed by atoms with Crippen LogP contribution >= 0.6 is 0 Å². The maximum absolute atomic E-state index is 10.8. The lowest BCUT2D eigenvalue weighted by molar-refractivity contribution is -0.137. The van der Waals surface area contributed by atoms with E-state index < -0.39 is 11.9 Å². The second kappa shape index (κ2) is 6.83. The SMILES string of the molecule is CC(C)(CCNc1ccc(C(N)=O)nn1)CCC(=O)O. The van der Waals surface area contributed by atoms with Crippen LogP contribution in [0.1, 0.15) is 43.6 Å². The predicted octanol–water partition coefficient (Wildman–Crippen LogP) is 1.27. The minimum atomic E-state index is -0.779. The number of nitrogens with two attached hydrogens (primary N) is 1. The van der Waals surface area contributed by atoms with Crippen LogP contribution in [0.3, 0.4) is 0 Å². The van der Waals surface area contributed by atoms with Crippen molar-refractivity contribution in [2.75, 3.05) is 11.9 Å². The molecule has 0 atom stereocenters. The fraction of sp³-hybridized carbons (Fsp3) is 0.538. The first-order valence-electron chi connectivity index (χ1n) is 6.39. The Kier molecular flexibility index (Phi) is 5.42. The summed E-state index contributed by atoms with van der Waals surface area (Å²) < 4.78 is 0. The Bertz CT molecular complexity index is 471. The number of carbonyl (C=O) groups excluding carboxylic acids is 1. The minimum absolute atomic E-state index is 0.0635. The van der Waals surface area contributed by atoms with Crippen molar-refractivity contribution in [3.8, 4) is 0 Å². The van der Waals surface area contributed by atoms with Crippen LogP contribution in [0.15, 0.2) is 12.1 Å². The topological polar surface area (TPSA) is 118 Å². The van der Waals surface area contributed by atoms with Crippen molar-refractivity contribution in [2.24, 2.45) is 11.1 Å². The number of nitrogens with one attached hydrogen (secondary N) is 1. The average Bonchev–Trinajstić information content (AvgIpc) is 2.37. The number of carboxylic acids is 1. The average molecular weight is 280 g/mol. The molecule has 0 aliphatic rings. The third kappa shape index (κ3) is 5.64. The van der Waals surface area contributed by atoms with Crippen LogP contribution in [0.25, 0.3) is 0 Å². The van der Waals surface area contributed by atoms with E-state index in [1.807, 2.05) is 13.8 Å². The van der Waals surface area contributed by atoms with Gasteiger partial charge >= 0.3 is 5.97 Å². The molecule has 1 amide bonds. The van der Waals surface area contributed by atoms with Gasteiger partial charge in [-0.2, -0.15) is 0 Å². The highest BCUT2D eigenvalue weighted by Crippen LogP contribution is 2.26. The molecular weight excluding hydrogens is 260 g/mol. The van der Waals surface area contributed by atoms with Crippen molar-refractivity contribution in [2.45, 2.75) is 33.1 Å². The molecule has 7 nitrogen and oxygen atoms in total. The first kappa shape index (κ1) is 15.9. The van der Waals surface area contributed by atoms with Gasteiger partial charge in [-0.15, -0.1) is 10.2 Å². The van der Waals surface area contributed by atoms with Gasteiger partial charge in [0.1, 0.15) is 5.82 Å². The molecule has 0 saturated heterocycles. The Hall–Kier alpha value is -2.18. The zero-order valence-corrected chi connectivity index (χ0v) is 11.7. The van der Waals surface area contributed by atoms with Crippen molar-refractivity contribution in [1.82, 2.24) is 10.2 Å². The van der Waals surface area contributed by atoms with Crippen LogP contribution < -0.4 is 11.1 Å². The second-order valence-electron chi connectivity index (χ2n) is 5.40. The summed E-state index contributed by atoms with van der Waals surface area (Å²) in [4.78, 5) is 21.4. The molecule has 4 N–H and O–H groups in total. The smallest absolute Gasteiger partial charge is 0.303 e. The molecule has 0 aromatic carbocycles. The van der Waals surface area contributed by atoms with Crippen LogP contribution in [0, 0.1) is 5.41 Å². The van der Waals surface area contributed by atoms with E-state index >= 15 is 0 Å². The zero-order chi connectivity index (χ0) is 15.2. The third-order valence-electron chi connectivity index (χ3n) is 3.04. The molecule has 7 heteroatoms. The Morgan fingerprint density at radius 1 is 1.30 bits per heavy atom. The number of hydrogen-bond acceptors (Lipinski definition) is 5. The highest BCUT2D eigenvalue weighted by atomic mass is 16.4. The lowest BCUT2D eigenvalue weighted by Crippen LogP contribution is -2.19. The molecule has 20 heavy (non-hydrogen) atoms. The minimum Gasteiger partial charge on any atom is -0.481 e. The number of aliphatic carboxylic acids is 1. The standard InChI is InChI=1S/C13H20N4O3/c1-13(2,6-5-11(18)19)7-8-15-10-4-3-9(12(14)20)16-17-10/h3-4H,5-8H2,1-2H3,(H2,14,20)(H,15,17)(H,18,19). The molecule has 1 rings (SSSR count). The molecule has 0 aliphatic carbocycles. The Labute approximate surface area is 117 Å². The summed E-state index contributed by atoms with van der Waals surface area (Å²) in [5, 5.41) is 19.3. The highest BCUT2D eigenvalue weighted by Gasteiger charge is 2.18. The van der Waals surface area contributed by atoms with Crippen molar-refractivity contribution in [1.29, 1.82) is 0 Å². The van der Waals surface area contributed by atoms with Gasteiger partial charge in [0.15, 0.2) is 5.69 Å². The molecule has 0 radical (unpaired) electrons. The Morgan fingerprint density at radius 3 is 2.50 bits per heavy atom. The van der Waals surface area contributed by atoms with Crippen molar-refractivity contribution in [3.05, 3.63) is 17.8 Å². The molecule has 0 spiro atoms. The number of anilines is 1. The van der Waals surface area contributed by atoms with E-state index in [9.17, 15) is 9.59 Å². The van der Waals surface area contributed by atoms with Crippen molar-refractivity contribution < 1.29 is 14.7 Å². The number of nitrogens with zero attached hydrogens (tertiary/aromatic N) is 2. The van der Waals surface area contributed by atoms with Crippen LogP contribution in [0.4, 0.5) is 5.82 Å². The summed E-state index contributed by atoms with van der Waals surface area (Å²) >= 11 is 0. The lowest BCUT2D eigenvalue weighted by atomic mass is 9.84. The van der Waals surface area contributed by atoms with Crippen LogP contribution in [-0.2, 0) is 4.79 Å². The van der Waals surface area contributed by atoms with Gasteiger partial charge in [-0.1, -0.05) is 13.8 Å². The summed E-state index contributed by atoms with van der Waals surface area (Å²) in [6.07, 6.45) is 1.59. The van der Waals surface area contributed by atoms with E-state index in [0.717, 1.165) is 6.42 Å². The molecule has 0 unspecified atom stereocenters. The maximum atomic E-state index is 10.8. The van der Waals surface area contributed by atoms with E-state index in [1.54, 1.807) is 6.07 Å². The zero-order valence-electron chi connectivity index (χ0n) is 11.7. The van der Waals surface area contributed by atoms with Gasteiger partial charge in [0.05, 0.1) is 0 Å². The van der Waals surface area contributed by atoms with E-state index in [0.29, 0.717) is 18.8 Å². The van der Waals surface area contributed by atoms with Gasteiger partial charge in [-0.25, -0.2) is 0 Å². The molecule has 1 aromatic rings. The number of rotatable bonds is 8. The second-order valence-corrected chi connectivity index (χ2v) is 5.40. The highest BCUT2D eigenvalue weighted by molar-refractivity contribution is 5.90. The summed E-state index contributed by atoms with van der Waals surface area (Å²) in [5.74, 6) is -0.832. The quantitative estimate of drug-likeness (QED) is 0.660. The summed E-state index contributed by atoms with van der Waals surface area (Å²) in [6, 6.07) is 3.14. The van der Waals surface area contributed by atoms with Gasteiger partial charge < -0.3 is 16.2 Å². The van der Waals surface area contributed by atoms with E-state index in [1.165, 1.54) is 6.07 Å². The molecule has 0 saturated carbocycles. The van der Waals surface area contributed by atoms with Crippen LogP contribution in [-0.4, -0.2) is 33.7 Å². The monoisotopic (exact) mass is 280 g/mol. The Balaban J connectivity index is 2.39.